The van der Waals surface area contributed by atoms with Crippen molar-refractivity contribution in [2.75, 3.05) is 6.61 Å². The molecule has 7 nitrogen and oxygen atoms in total. The molecule has 2 rings (SSSR count). The van der Waals surface area contributed by atoms with E-state index in [1.165, 1.54) is 0 Å². The van der Waals surface area contributed by atoms with Gasteiger partial charge < -0.3 is 9.26 Å². The number of nitrogens with one attached hydrogen (secondary N) is 2. The number of hydrazine groups is 1. The van der Waals surface area contributed by atoms with E-state index in [4.69, 9.17) is 20.9 Å². The molecule has 0 fully saturated rings. The number of ether oxygens (including phenoxy) is 1. The maximum absolute atomic E-state index is 11.8. The largest absolute Gasteiger partial charge is 0.482 e. The number of hydrogen-bond donors (Lipinski definition) is 2. The van der Waals surface area contributed by atoms with E-state index in [9.17, 15) is 9.59 Å². The van der Waals surface area contributed by atoms with Gasteiger partial charge in [-0.3, -0.25) is 20.4 Å². The molecule has 1 aromatic heterocycles. The normalized spacial score (nSPS) is 10.3. The zero-order valence-corrected chi connectivity index (χ0v) is 14.1. The minimum atomic E-state index is -0.486. The van der Waals surface area contributed by atoms with Crippen molar-refractivity contribution < 1.29 is 18.8 Å². The van der Waals surface area contributed by atoms with E-state index in [1.807, 2.05) is 6.92 Å². The molecule has 0 unspecified atom stereocenters. The van der Waals surface area contributed by atoms with Crippen molar-refractivity contribution in [1.29, 1.82) is 0 Å². The van der Waals surface area contributed by atoms with Crippen molar-refractivity contribution in [3.8, 4) is 5.75 Å². The smallest absolute Gasteiger partial charge is 0.276 e. The summed E-state index contributed by atoms with van der Waals surface area (Å²) in [6.07, 6.45) is 0.688. The van der Waals surface area contributed by atoms with E-state index in [0.29, 0.717) is 23.0 Å². The predicted octanol–water partition coefficient (Wildman–Crippen LogP) is 2.10. The Labute approximate surface area is 144 Å². The van der Waals surface area contributed by atoms with Crippen LogP contribution in [0.4, 0.5) is 0 Å². The van der Waals surface area contributed by atoms with E-state index in [-0.39, 0.29) is 18.9 Å². The van der Waals surface area contributed by atoms with Gasteiger partial charge in [-0.2, -0.15) is 0 Å². The number of amides is 2. The summed E-state index contributed by atoms with van der Waals surface area (Å²) in [5.41, 5.74) is 6.28. The average molecular weight is 352 g/mol. The monoisotopic (exact) mass is 351 g/mol. The van der Waals surface area contributed by atoms with Crippen molar-refractivity contribution in [3.63, 3.8) is 0 Å². The van der Waals surface area contributed by atoms with Gasteiger partial charge in [-0.1, -0.05) is 28.9 Å². The summed E-state index contributed by atoms with van der Waals surface area (Å²) in [5, 5.41) is 4.24. The Morgan fingerprint density at radius 3 is 2.58 bits per heavy atom. The number of rotatable bonds is 6. The van der Waals surface area contributed by atoms with Crippen LogP contribution in [0, 0.1) is 13.8 Å². The van der Waals surface area contributed by atoms with Crippen LogP contribution in [0.15, 0.2) is 28.8 Å². The van der Waals surface area contributed by atoms with Crippen LogP contribution in [0.5, 0.6) is 5.75 Å². The molecule has 0 aliphatic rings. The number of para-hydroxylation sites is 1. The lowest BCUT2D eigenvalue weighted by atomic mass is 10.1. The average Bonchev–Trinajstić information content (AvgIpc) is 2.88. The molecule has 128 valence electrons. The van der Waals surface area contributed by atoms with Crippen LogP contribution in [-0.2, 0) is 16.0 Å². The van der Waals surface area contributed by atoms with Crippen LogP contribution in [0.1, 0.15) is 23.4 Å². The summed E-state index contributed by atoms with van der Waals surface area (Å²) < 4.78 is 10.3. The molecule has 0 saturated heterocycles. The van der Waals surface area contributed by atoms with Crippen LogP contribution in [0.25, 0.3) is 0 Å². The molecule has 1 heterocycles. The van der Waals surface area contributed by atoms with E-state index >= 15 is 0 Å². The Kier molecular flexibility index (Phi) is 6.20. The zero-order chi connectivity index (χ0) is 17.5. The van der Waals surface area contributed by atoms with E-state index in [0.717, 1.165) is 11.3 Å². The molecule has 0 radical (unpaired) electrons. The summed E-state index contributed by atoms with van der Waals surface area (Å²) in [7, 11) is 0. The summed E-state index contributed by atoms with van der Waals surface area (Å²) in [6.45, 7) is 3.35. The maximum Gasteiger partial charge on any atom is 0.276 e. The van der Waals surface area contributed by atoms with Crippen molar-refractivity contribution in [1.82, 2.24) is 16.0 Å². The fourth-order valence-electron chi connectivity index (χ4n) is 2.04. The summed E-state index contributed by atoms with van der Waals surface area (Å²) in [6, 6.07) is 6.81. The first-order chi connectivity index (χ1) is 11.5. The lowest BCUT2D eigenvalue weighted by Gasteiger charge is -2.09. The van der Waals surface area contributed by atoms with Gasteiger partial charge in [-0.25, -0.2) is 0 Å². The lowest BCUT2D eigenvalue weighted by Crippen LogP contribution is -2.43. The second kappa shape index (κ2) is 8.35. The first-order valence-corrected chi connectivity index (χ1v) is 7.72. The molecular weight excluding hydrogens is 334 g/mol. The Morgan fingerprint density at radius 2 is 1.92 bits per heavy atom. The first-order valence-electron chi connectivity index (χ1n) is 7.34. The molecule has 0 saturated carbocycles. The predicted molar refractivity (Wildman–Crippen MR) is 87.5 cm³/mol. The highest BCUT2D eigenvalue weighted by molar-refractivity contribution is 6.32. The van der Waals surface area contributed by atoms with E-state index < -0.39 is 5.91 Å². The number of hydrogen-bond acceptors (Lipinski definition) is 5. The second-order valence-corrected chi connectivity index (χ2v) is 5.53. The third-order valence-electron chi connectivity index (χ3n) is 3.32. The third kappa shape index (κ3) is 4.99. The highest BCUT2D eigenvalue weighted by Gasteiger charge is 2.12. The summed E-state index contributed by atoms with van der Waals surface area (Å²) >= 11 is 5.91. The number of aromatic nitrogens is 1. The van der Waals surface area contributed by atoms with E-state index in [1.54, 1.807) is 31.2 Å². The maximum atomic E-state index is 11.8. The van der Waals surface area contributed by atoms with Crippen LogP contribution in [0.3, 0.4) is 0 Å². The van der Waals surface area contributed by atoms with Gasteiger partial charge in [0.25, 0.3) is 5.91 Å². The summed E-state index contributed by atoms with van der Waals surface area (Å²) in [5.74, 6) is 0.290. The molecular formula is C16H18ClN3O4. The van der Waals surface area contributed by atoms with Crippen LogP contribution < -0.4 is 15.6 Å². The first kappa shape index (κ1) is 17.8. The minimum absolute atomic E-state index is 0.203. The molecule has 0 spiro atoms. The van der Waals surface area contributed by atoms with Gasteiger partial charge in [0.05, 0.1) is 10.7 Å². The second-order valence-electron chi connectivity index (χ2n) is 5.12. The van der Waals surface area contributed by atoms with E-state index in [2.05, 4.69) is 16.0 Å². The highest BCUT2D eigenvalue weighted by atomic mass is 35.5. The number of carbonyl (C=O) groups is 2. The van der Waals surface area contributed by atoms with Crippen molar-refractivity contribution in [3.05, 3.63) is 46.3 Å². The van der Waals surface area contributed by atoms with Crippen LogP contribution in [-0.4, -0.2) is 23.6 Å². The SMILES string of the molecule is Cc1noc(C)c1CCC(=O)NNC(=O)COc1ccccc1Cl. The molecule has 1 aromatic carbocycles. The van der Waals surface area contributed by atoms with Gasteiger partial charge in [0, 0.05) is 12.0 Å². The standard InChI is InChI=1S/C16H18ClN3O4/c1-10-12(11(2)24-20-10)7-8-15(21)18-19-16(22)9-23-14-6-4-3-5-13(14)17/h3-6H,7-9H2,1-2H3,(H,18,21)(H,19,22). The minimum Gasteiger partial charge on any atom is -0.482 e. The van der Waals surface area contributed by atoms with Crippen LogP contribution >= 0.6 is 11.6 Å². The summed E-state index contributed by atoms with van der Waals surface area (Å²) in [4.78, 5) is 23.4. The molecule has 2 amide bonds. The number of nitrogens with zero attached hydrogens (tertiary/aromatic N) is 1. The molecule has 8 heteroatoms. The van der Waals surface area contributed by atoms with Crippen molar-refractivity contribution in [2.24, 2.45) is 0 Å². The molecule has 2 aromatic rings. The van der Waals surface area contributed by atoms with Gasteiger partial charge in [0.2, 0.25) is 5.91 Å². The van der Waals surface area contributed by atoms with Gasteiger partial charge in [0.15, 0.2) is 6.61 Å². The molecule has 0 aliphatic carbocycles. The Hall–Kier alpha value is -2.54. The zero-order valence-electron chi connectivity index (χ0n) is 13.4. The van der Waals surface area contributed by atoms with Gasteiger partial charge in [-0.15, -0.1) is 0 Å². The van der Waals surface area contributed by atoms with Gasteiger partial charge in [0.1, 0.15) is 11.5 Å². The number of benzene rings is 1. The van der Waals surface area contributed by atoms with Gasteiger partial charge in [-0.05, 0) is 32.4 Å². The Morgan fingerprint density at radius 1 is 1.21 bits per heavy atom. The lowest BCUT2D eigenvalue weighted by molar-refractivity contribution is -0.130. The fourth-order valence-corrected chi connectivity index (χ4v) is 2.23. The number of carbonyl (C=O) groups excluding carboxylic acids is 2. The molecule has 0 bridgehead atoms. The number of aryl methyl sites for hydroxylation is 2. The van der Waals surface area contributed by atoms with Crippen LogP contribution in [0.2, 0.25) is 5.02 Å². The molecule has 24 heavy (non-hydrogen) atoms. The Balaban J connectivity index is 1.70. The Bertz CT molecular complexity index is 710. The fraction of sp³-hybridized carbons (Fsp3) is 0.312. The molecule has 2 N–H and O–H groups in total. The van der Waals surface area contributed by atoms with Gasteiger partial charge >= 0.3 is 0 Å². The van der Waals surface area contributed by atoms with Crippen molar-refractivity contribution in [2.45, 2.75) is 26.7 Å². The quantitative estimate of drug-likeness (QED) is 0.777. The highest BCUT2D eigenvalue weighted by Crippen LogP contribution is 2.22. The topological polar surface area (TPSA) is 93.5 Å². The van der Waals surface area contributed by atoms with Crippen molar-refractivity contribution >= 4 is 23.4 Å². The molecule has 0 aliphatic heterocycles. The third-order valence-corrected chi connectivity index (χ3v) is 3.63. The number of halogens is 1. The molecule has 0 atom stereocenters.